The molecule has 1 aliphatic rings. The zero-order chi connectivity index (χ0) is 24.6. The van der Waals surface area contributed by atoms with Crippen molar-refractivity contribution in [3.8, 4) is 11.3 Å². The first-order valence-corrected chi connectivity index (χ1v) is 11.6. The van der Waals surface area contributed by atoms with Crippen LogP contribution in [0, 0.1) is 0 Å². The molecule has 1 N–H and O–H groups in total. The number of ether oxygens (including phenoxy) is 1. The number of anilines is 1. The van der Waals surface area contributed by atoms with Gasteiger partial charge in [0.15, 0.2) is 0 Å². The van der Waals surface area contributed by atoms with Crippen LogP contribution in [0.2, 0.25) is 0 Å². The number of hydrogen-bond acceptors (Lipinski definition) is 6. The number of alkyl halides is 2. The van der Waals surface area contributed by atoms with Gasteiger partial charge >= 0.3 is 5.97 Å². The van der Waals surface area contributed by atoms with Crippen LogP contribution in [0.1, 0.15) is 36.5 Å². The van der Waals surface area contributed by atoms with Gasteiger partial charge < -0.3 is 14.6 Å². The van der Waals surface area contributed by atoms with Crippen molar-refractivity contribution >= 4 is 33.7 Å². The molecule has 4 aromatic rings. The quantitative estimate of drug-likeness (QED) is 0.418. The monoisotopic (exact) mass is 478 g/mol. The SMILES string of the molecule is CCOC(=O)c1c(-c2cc3ccccc3nc2N2CCCC(F)(F)CC2)[nH]c2cccnc2c1=O. The Bertz CT molecular complexity index is 1480. The van der Waals surface area contributed by atoms with E-state index in [0.29, 0.717) is 35.4 Å². The molecule has 0 unspecified atom stereocenters. The largest absolute Gasteiger partial charge is 0.462 e. The molecule has 5 rings (SSSR count). The van der Waals surface area contributed by atoms with E-state index in [0.717, 1.165) is 5.39 Å². The highest BCUT2D eigenvalue weighted by Crippen LogP contribution is 2.36. The van der Waals surface area contributed by atoms with E-state index in [1.54, 1.807) is 19.1 Å². The average molecular weight is 478 g/mol. The maximum Gasteiger partial charge on any atom is 0.344 e. The Balaban J connectivity index is 1.80. The van der Waals surface area contributed by atoms with E-state index in [4.69, 9.17) is 9.72 Å². The zero-order valence-corrected chi connectivity index (χ0v) is 19.2. The Labute approximate surface area is 199 Å². The summed E-state index contributed by atoms with van der Waals surface area (Å²) in [6.07, 6.45) is 1.28. The molecule has 1 fully saturated rings. The lowest BCUT2D eigenvalue weighted by atomic mass is 10.0. The maximum absolute atomic E-state index is 14.1. The summed E-state index contributed by atoms with van der Waals surface area (Å²) in [7, 11) is 0. The minimum absolute atomic E-state index is 0.0853. The van der Waals surface area contributed by atoms with E-state index in [9.17, 15) is 18.4 Å². The van der Waals surface area contributed by atoms with Crippen molar-refractivity contribution in [2.24, 2.45) is 0 Å². The van der Waals surface area contributed by atoms with Crippen molar-refractivity contribution in [2.75, 3.05) is 24.6 Å². The molecule has 0 bridgehead atoms. The fraction of sp³-hybridized carbons (Fsp3) is 0.308. The minimum atomic E-state index is -2.75. The van der Waals surface area contributed by atoms with Crippen molar-refractivity contribution in [3.05, 3.63) is 64.4 Å². The number of carbonyl (C=O) groups is 1. The molecule has 180 valence electrons. The number of aromatic nitrogens is 3. The first-order valence-electron chi connectivity index (χ1n) is 11.6. The first-order chi connectivity index (χ1) is 16.9. The Morgan fingerprint density at radius 3 is 2.83 bits per heavy atom. The molecule has 35 heavy (non-hydrogen) atoms. The number of hydrogen-bond donors (Lipinski definition) is 1. The number of carbonyl (C=O) groups excluding carboxylic acids is 1. The summed E-state index contributed by atoms with van der Waals surface area (Å²) in [5, 5.41) is 0.786. The van der Waals surface area contributed by atoms with E-state index in [1.165, 1.54) is 6.20 Å². The highest BCUT2D eigenvalue weighted by atomic mass is 19.3. The Kier molecular flexibility index (Phi) is 5.92. The van der Waals surface area contributed by atoms with Gasteiger partial charge in [-0.1, -0.05) is 18.2 Å². The molecular weight excluding hydrogens is 454 g/mol. The number of H-pyrrole nitrogens is 1. The third-order valence-corrected chi connectivity index (χ3v) is 6.23. The number of nitrogens with one attached hydrogen (secondary N) is 1. The summed E-state index contributed by atoms with van der Waals surface area (Å²) in [6.45, 7) is 2.22. The topological polar surface area (TPSA) is 88.2 Å². The molecule has 1 saturated heterocycles. The summed E-state index contributed by atoms with van der Waals surface area (Å²) in [5.74, 6) is -3.09. The summed E-state index contributed by atoms with van der Waals surface area (Å²) >= 11 is 0. The smallest absolute Gasteiger partial charge is 0.344 e. The summed E-state index contributed by atoms with van der Waals surface area (Å²) in [4.78, 5) is 40.4. The maximum atomic E-state index is 14.1. The molecule has 1 aliphatic heterocycles. The molecule has 0 atom stereocenters. The first kappa shape index (κ1) is 22.9. The number of nitrogens with zero attached hydrogens (tertiary/aromatic N) is 3. The van der Waals surface area contributed by atoms with Gasteiger partial charge in [0.1, 0.15) is 16.9 Å². The van der Waals surface area contributed by atoms with Gasteiger partial charge in [-0.15, -0.1) is 0 Å². The third kappa shape index (κ3) is 4.34. The van der Waals surface area contributed by atoms with Crippen molar-refractivity contribution in [2.45, 2.75) is 32.1 Å². The lowest BCUT2D eigenvalue weighted by molar-refractivity contribution is -0.0102. The normalized spacial score (nSPS) is 15.8. The lowest BCUT2D eigenvalue weighted by Gasteiger charge is -2.25. The van der Waals surface area contributed by atoms with Crippen LogP contribution in [0.15, 0.2) is 53.5 Å². The average Bonchev–Trinajstić information content (AvgIpc) is 3.03. The van der Waals surface area contributed by atoms with Crippen LogP contribution in [0.25, 0.3) is 33.2 Å². The van der Waals surface area contributed by atoms with Crippen molar-refractivity contribution in [1.82, 2.24) is 15.0 Å². The Morgan fingerprint density at radius 1 is 1.17 bits per heavy atom. The Morgan fingerprint density at radius 2 is 2.00 bits per heavy atom. The molecule has 4 heterocycles. The highest BCUT2D eigenvalue weighted by Gasteiger charge is 2.33. The second kappa shape index (κ2) is 9.05. The summed E-state index contributed by atoms with van der Waals surface area (Å²) in [5.41, 5.74) is 1.21. The van der Waals surface area contributed by atoms with Crippen LogP contribution < -0.4 is 10.3 Å². The number of fused-ring (bicyclic) bond motifs is 2. The van der Waals surface area contributed by atoms with Crippen LogP contribution in [0.3, 0.4) is 0 Å². The number of rotatable bonds is 4. The van der Waals surface area contributed by atoms with E-state index in [1.807, 2.05) is 35.2 Å². The summed E-state index contributed by atoms with van der Waals surface area (Å²) in [6, 6.07) is 12.6. The fourth-order valence-corrected chi connectivity index (χ4v) is 4.52. The minimum Gasteiger partial charge on any atom is -0.462 e. The number of halogens is 2. The number of esters is 1. The van der Waals surface area contributed by atoms with Crippen LogP contribution >= 0.6 is 0 Å². The number of para-hydroxylation sites is 1. The van der Waals surface area contributed by atoms with Gasteiger partial charge in [0.2, 0.25) is 11.4 Å². The number of pyridine rings is 3. The standard InChI is InChI=1S/C26H24F2N4O3/c1-2-35-25(34)20-21(30-19-9-5-12-29-22(19)23(20)33)17-15-16-7-3-4-8-18(16)31-24(17)32-13-6-10-26(27,28)11-14-32/h3-5,7-9,12,15H,2,6,10-11,13-14H2,1H3,(H,30,33). The van der Waals surface area contributed by atoms with Crippen LogP contribution in [-0.4, -0.2) is 46.5 Å². The molecular formula is C26H24F2N4O3. The fourth-order valence-electron chi connectivity index (χ4n) is 4.52. The number of benzene rings is 1. The van der Waals surface area contributed by atoms with Gasteiger partial charge in [-0.05, 0) is 37.6 Å². The Hall–Kier alpha value is -3.88. The highest BCUT2D eigenvalue weighted by molar-refractivity contribution is 6.02. The lowest BCUT2D eigenvalue weighted by Crippen LogP contribution is -2.28. The second-order valence-corrected chi connectivity index (χ2v) is 8.57. The van der Waals surface area contributed by atoms with Crippen molar-refractivity contribution in [1.29, 1.82) is 0 Å². The van der Waals surface area contributed by atoms with Gasteiger partial charge in [0, 0.05) is 43.1 Å². The molecule has 0 aliphatic carbocycles. The van der Waals surface area contributed by atoms with Gasteiger partial charge in [0.05, 0.1) is 23.3 Å². The van der Waals surface area contributed by atoms with Crippen LogP contribution in [0.5, 0.6) is 0 Å². The number of aromatic amines is 1. The van der Waals surface area contributed by atoms with E-state index >= 15 is 0 Å². The van der Waals surface area contributed by atoms with Gasteiger partial charge in [-0.2, -0.15) is 0 Å². The molecule has 0 spiro atoms. The second-order valence-electron chi connectivity index (χ2n) is 8.57. The zero-order valence-electron chi connectivity index (χ0n) is 19.2. The van der Waals surface area contributed by atoms with Gasteiger partial charge in [0.25, 0.3) is 0 Å². The molecule has 1 aromatic carbocycles. The van der Waals surface area contributed by atoms with Crippen molar-refractivity contribution < 1.29 is 18.3 Å². The van der Waals surface area contributed by atoms with Gasteiger partial charge in [-0.25, -0.2) is 18.6 Å². The molecule has 3 aromatic heterocycles. The third-order valence-electron chi connectivity index (χ3n) is 6.23. The predicted octanol–water partition coefficient (Wildman–Crippen LogP) is 4.94. The predicted molar refractivity (Wildman–Crippen MR) is 130 cm³/mol. The van der Waals surface area contributed by atoms with Crippen LogP contribution in [-0.2, 0) is 4.74 Å². The molecule has 0 saturated carbocycles. The van der Waals surface area contributed by atoms with E-state index in [2.05, 4.69) is 9.97 Å². The van der Waals surface area contributed by atoms with Crippen LogP contribution in [0.4, 0.5) is 14.6 Å². The molecule has 7 nitrogen and oxygen atoms in total. The van der Waals surface area contributed by atoms with E-state index < -0.39 is 17.3 Å². The van der Waals surface area contributed by atoms with Crippen molar-refractivity contribution in [3.63, 3.8) is 0 Å². The molecule has 0 amide bonds. The molecule has 9 heteroatoms. The van der Waals surface area contributed by atoms with E-state index in [-0.39, 0.29) is 42.8 Å². The van der Waals surface area contributed by atoms with Gasteiger partial charge in [-0.3, -0.25) is 9.78 Å². The summed E-state index contributed by atoms with van der Waals surface area (Å²) < 4.78 is 33.5. The molecule has 0 radical (unpaired) electrons.